The zero-order valence-corrected chi connectivity index (χ0v) is 16.1. The summed E-state index contributed by atoms with van der Waals surface area (Å²) in [6, 6.07) is 6.40. The largest absolute Gasteiger partial charge is 0.462 e. The maximum Gasteiger partial charge on any atom is 0.341 e. The maximum atomic E-state index is 12.2. The molecule has 2 N–H and O–H groups in total. The lowest BCUT2D eigenvalue weighted by atomic mass is 10.1. The third-order valence-corrected chi connectivity index (χ3v) is 3.91. The Morgan fingerprint density at radius 2 is 1.87 bits per heavy atom. The Kier molecular flexibility index (Phi) is 6.77. The van der Waals surface area contributed by atoms with Crippen molar-refractivity contribution in [3.05, 3.63) is 64.7 Å². The van der Waals surface area contributed by atoms with Crippen molar-refractivity contribution in [1.82, 2.24) is 19.9 Å². The molecule has 3 rings (SSSR count). The standard InChI is InChI=1S/C19H19N7O4/c1-2-30-18(27)15-12-24-19(25-17(15)13-5-7-20-8-6-13)22-10-9-21-16-4-3-14(11-23-16)26(28)29/h3-8,11-12H,2,9-10H2,1H3,(H,21,23)(H,22,24,25). The predicted octanol–water partition coefficient (Wildman–Crippen LogP) is 2.54. The number of rotatable bonds is 9. The highest BCUT2D eigenvalue weighted by Crippen LogP contribution is 2.22. The molecule has 11 nitrogen and oxygen atoms in total. The molecule has 0 aliphatic rings. The number of nitro groups is 1. The van der Waals surface area contributed by atoms with Gasteiger partial charge in [-0.3, -0.25) is 15.1 Å². The van der Waals surface area contributed by atoms with Gasteiger partial charge in [-0.2, -0.15) is 0 Å². The first kappa shape index (κ1) is 20.6. The number of nitrogens with zero attached hydrogens (tertiary/aromatic N) is 5. The SMILES string of the molecule is CCOC(=O)c1cnc(NCCNc2ccc([N+](=O)[O-])cn2)nc1-c1ccncc1. The van der Waals surface area contributed by atoms with Crippen LogP contribution in [0.25, 0.3) is 11.3 Å². The lowest BCUT2D eigenvalue weighted by Gasteiger charge is -2.11. The van der Waals surface area contributed by atoms with Crippen molar-refractivity contribution < 1.29 is 14.5 Å². The Morgan fingerprint density at radius 3 is 2.53 bits per heavy atom. The average molecular weight is 409 g/mol. The molecule has 0 amide bonds. The molecule has 3 aromatic rings. The van der Waals surface area contributed by atoms with Crippen LogP contribution in [0.5, 0.6) is 0 Å². The predicted molar refractivity (Wildman–Crippen MR) is 109 cm³/mol. The van der Waals surface area contributed by atoms with E-state index in [4.69, 9.17) is 4.74 Å². The van der Waals surface area contributed by atoms with Gasteiger partial charge in [-0.1, -0.05) is 0 Å². The van der Waals surface area contributed by atoms with Crippen LogP contribution in [-0.2, 0) is 4.74 Å². The maximum absolute atomic E-state index is 12.2. The van der Waals surface area contributed by atoms with E-state index >= 15 is 0 Å². The Balaban J connectivity index is 1.66. The van der Waals surface area contributed by atoms with Gasteiger partial charge in [-0.25, -0.2) is 19.7 Å². The normalized spacial score (nSPS) is 10.3. The second kappa shape index (κ2) is 9.87. The summed E-state index contributed by atoms with van der Waals surface area (Å²) in [7, 11) is 0. The van der Waals surface area contributed by atoms with Gasteiger partial charge in [-0.15, -0.1) is 0 Å². The fraction of sp³-hybridized carbons (Fsp3) is 0.211. The molecule has 154 valence electrons. The van der Waals surface area contributed by atoms with Crippen molar-refractivity contribution in [2.45, 2.75) is 6.92 Å². The molecule has 0 aliphatic carbocycles. The number of pyridine rings is 2. The number of hydrogen-bond acceptors (Lipinski definition) is 10. The van der Waals surface area contributed by atoms with E-state index in [0.717, 1.165) is 0 Å². The minimum atomic E-state index is -0.504. The van der Waals surface area contributed by atoms with Crippen LogP contribution in [0.2, 0.25) is 0 Å². The van der Waals surface area contributed by atoms with E-state index in [1.807, 2.05) is 0 Å². The van der Waals surface area contributed by atoms with Crippen LogP contribution in [0, 0.1) is 10.1 Å². The first-order valence-electron chi connectivity index (χ1n) is 9.11. The summed E-state index contributed by atoms with van der Waals surface area (Å²) in [4.78, 5) is 39.0. The van der Waals surface area contributed by atoms with E-state index in [0.29, 0.717) is 36.1 Å². The number of carbonyl (C=O) groups is 1. The third-order valence-electron chi connectivity index (χ3n) is 3.91. The number of ether oxygens (including phenoxy) is 1. The Hall–Kier alpha value is -4.15. The number of nitrogens with one attached hydrogen (secondary N) is 2. The topological polar surface area (TPSA) is 145 Å². The second-order valence-corrected chi connectivity index (χ2v) is 5.92. The smallest absolute Gasteiger partial charge is 0.341 e. The molecule has 0 bridgehead atoms. The molecule has 0 spiro atoms. The molecule has 3 aromatic heterocycles. The van der Waals surface area contributed by atoms with E-state index in [1.165, 1.54) is 24.5 Å². The molecular formula is C19H19N7O4. The minimum absolute atomic E-state index is 0.0718. The van der Waals surface area contributed by atoms with Gasteiger partial charge in [-0.05, 0) is 25.1 Å². The number of hydrogen-bond donors (Lipinski definition) is 2. The highest BCUT2D eigenvalue weighted by molar-refractivity contribution is 5.96. The Labute approximate surface area is 171 Å². The Bertz CT molecular complexity index is 1010. The van der Waals surface area contributed by atoms with E-state index < -0.39 is 10.9 Å². The van der Waals surface area contributed by atoms with Crippen LogP contribution in [0.1, 0.15) is 17.3 Å². The molecular weight excluding hydrogens is 390 g/mol. The highest BCUT2D eigenvalue weighted by atomic mass is 16.6. The number of carbonyl (C=O) groups excluding carboxylic acids is 1. The van der Waals surface area contributed by atoms with E-state index in [1.54, 1.807) is 31.5 Å². The second-order valence-electron chi connectivity index (χ2n) is 5.92. The molecule has 0 saturated heterocycles. The van der Waals surface area contributed by atoms with Crippen LogP contribution >= 0.6 is 0 Å². The highest BCUT2D eigenvalue weighted by Gasteiger charge is 2.17. The van der Waals surface area contributed by atoms with Crippen molar-refractivity contribution in [2.75, 3.05) is 30.3 Å². The van der Waals surface area contributed by atoms with Crippen LogP contribution in [0.4, 0.5) is 17.5 Å². The van der Waals surface area contributed by atoms with Gasteiger partial charge >= 0.3 is 5.97 Å². The molecule has 0 atom stereocenters. The van der Waals surface area contributed by atoms with Gasteiger partial charge in [0.15, 0.2) is 0 Å². The van der Waals surface area contributed by atoms with Gasteiger partial charge in [0, 0.05) is 43.3 Å². The minimum Gasteiger partial charge on any atom is -0.462 e. The molecule has 0 aliphatic heterocycles. The van der Waals surface area contributed by atoms with Crippen LogP contribution in [0.15, 0.2) is 49.1 Å². The van der Waals surface area contributed by atoms with Gasteiger partial charge in [0.1, 0.15) is 17.6 Å². The number of esters is 1. The summed E-state index contributed by atoms with van der Waals surface area (Å²) >= 11 is 0. The zero-order chi connectivity index (χ0) is 21.3. The Morgan fingerprint density at radius 1 is 1.10 bits per heavy atom. The van der Waals surface area contributed by atoms with Crippen LogP contribution in [-0.4, -0.2) is 50.5 Å². The summed E-state index contributed by atoms with van der Waals surface area (Å²) in [5, 5.41) is 16.8. The number of aromatic nitrogens is 4. The number of anilines is 2. The quantitative estimate of drug-likeness (QED) is 0.234. The van der Waals surface area contributed by atoms with Crippen molar-refractivity contribution in [2.24, 2.45) is 0 Å². The van der Waals surface area contributed by atoms with Gasteiger partial charge in [0.05, 0.1) is 17.2 Å². The molecule has 0 fully saturated rings. The average Bonchev–Trinajstić information content (AvgIpc) is 2.77. The first-order chi connectivity index (χ1) is 14.6. The summed E-state index contributed by atoms with van der Waals surface area (Å²) in [5.41, 5.74) is 1.35. The van der Waals surface area contributed by atoms with Crippen molar-refractivity contribution in [3.63, 3.8) is 0 Å². The zero-order valence-electron chi connectivity index (χ0n) is 16.1. The molecule has 0 saturated carbocycles. The molecule has 3 heterocycles. The molecule has 0 radical (unpaired) electrons. The molecule has 0 unspecified atom stereocenters. The van der Waals surface area contributed by atoms with Crippen LogP contribution < -0.4 is 10.6 Å². The summed E-state index contributed by atoms with van der Waals surface area (Å²) in [6.45, 7) is 2.90. The van der Waals surface area contributed by atoms with Crippen molar-refractivity contribution in [3.8, 4) is 11.3 Å². The molecule has 11 heteroatoms. The van der Waals surface area contributed by atoms with Gasteiger partial charge < -0.3 is 15.4 Å². The summed E-state index contributed by atoms with van der Waals surface area (Å²) in [6.07, 6.45) is 5.84. The fourth-order valence-corrected chi connectivity index (χ4v) is 2.52. The first-order valence-corrected chi connectivity index (χ1v) is 9.11. The van der Waals surface area contributed by atoms with Gasteiger partial charge in [0.25, 0.3) is 5.69 Å². The monoisotopic (exact) mass is 409 g/mol. The fourth-order valence-electron chi connectivity index (χ4n) is 2.52. The summed E-state index contributed by atoms with van der Waals surface area (Å²) in [5.74, 6) is 0.355. The summed E-state index contributed by atoms with van der Waals surface area (Å²) < 4.78 is 5.09. The lowest BCUT2D eigenvalue weighted by Crippen LogP contribution is -2.17. The molecule has 0 aromatic carbocycles. The van der Waals surface area contributed by atoms with Crippen molar-refractivity contribution >= 4 is 23.4 Å². The van der Waals surface area contributed by atoms with E-state index in [-0.39, 0.29) is 17.9 Å². The van der Waals surface area contributed by atoms with E-state index in [9.17, 15) is 14.9 Å². The van der Waals surface area contributed by atoms with Gasteiger partial charge in [0.2, 0.25) is 5.95 Å². The molecule has 30 heavy (non-hydrogen) atoms. The third kappa shape index (κ3) is 5.22. The van der Waals surface area contributed by atoms with E-state index in [2.05, 4.69) is 30.6 Å². The van der Waals surface area contributed by atoms with Crippen molar-refractivity contribution in [1.29, 1.82) is 0 Å². The lowest BCUT2D eigenvalue weighted by molar-refractivity contribution is -0.385. The van der Waals surface area contributed by atoms with Crippen LogP contribution in [0.3, 0.4) is 0 Å².